The van der Waals surface area contributed by atoms with Gasteiger partial charge >= 0.3 is 0 Å². The topological polar surface area (TPSA) is 30.5 Å². The highest BCUT2D eigenvalue weighted by Gasteiger charge is 2.18. The molecule has 0 amide bonds. The third-order valence-corrected chi connectivity index (χ3v) is 3.59. The Morgan fingerprint density at radius 3 is 2.50 bits per heavy atom. The molecule has 0 aliphatic heterocycles. The largest absolute Gasteiger partial charge is 0.497 e. The van der Waals surface area contributed by atoms with Crippen molar-refractivity contribution in [1.29, 1.82) is 0 Å². The molecule has 0 bridgehead atoms. The molecule has 0 fully saturated rings. The number of hydrogen-bond acceptors (Lipinski definition) is 3. The van der Waals surface area contributed by atoms with Gasteiger partial charge in [0.05, 0.1) is 14.2 Å². The lowest BCUT2D eigenvalue weighted by molar-refractivity contribution is 0.312. The molecular formula is C17H29NO2. The highest BCUT2D eigenvalue weighted by molar-refractivity contribution is 5.40. The van der Waals surface area contributed by atoms with E-state index in [9.17, 15) is 0 Å². The standard InChI is InChI=1S/C17H29NO2/c1-6-11-18-13-17(2,3)10-9-14-12-15(19-4)7-8-16(14)20-5/h7-8,12,18H,6,9-11,13H2,1-5H3. The van der Waals surface area contributed by atoms with Crippen LogP contribution in [0.15, 0.2) is 18.2 Å². The minimum absolute atomic E-state index is 0.281. The molecule has 0 aliphatic carbocycles. The second-order valence-electron chi connectivity index (χ2n) is 6.02. The average molecular weight is 279 g/mol. The molecule has 0 heterocycles. The summed E-state index contributed by atoms with van der Waals surface area (Å²) in [6, 6.07) is 6.00. The van der Waals surface area contributed by atoms with Crippen molar-refractivity contribution in [2.45, 2.75) is 40.0 Å². The van der Waals surface area contributed by atoms with Gasteiger partial charge in [0, 0.05) is 6.54 Å². The predicted octanol–water partition coefficient (Wildman–Crippen LogP) is 3.66. The van der Waals surface area contributed by atoms with Crippen molar-refractivity contribution < 1.29 is 9.47 Å². The zero-order valence-electron chi connectivity index (χ0n) is 13.6. The van der Waals surface area contributed by atoms with Crippen LogP contribution in [-0.2, 0) is 6.42 Å². The van der Waals surface area contributed by atoms with Gasteiger partial charge in [0.2, 0.25) is 0 Å². The van der Waals surface area contributed by atoms with E-state index in [0.29, 0.717) is 0 Å². The zero-order chi connectivity index (χ0) is 15.0. The summed E-state index contributed by atoms with van der Waals surface area (Å²) in [6.45, 7) is 8.95. The molecule has 3 heteroatoms. The summed E-state index contributed by atoms with van der Waals surface area (Å²) in [5.74, 6) is 1.84. The van der Waals surface area contributed by atoms with Gasteiger partial charge in [0.1, 0.15) is 11.5 Å². The van der Waals surface area contributed by atoms with Gasteiger partial charge in [-0.25, -0.2) is 0 Å². The summed E-state index contributed by atoms with van der Waals surface area (Å²) >= 11 is 0. The van der Waals surface area contributed by atoms with Crippen LogP contribution < -0.4 is 14.8 Å². The van der Waals surface area contributed by atoms with E-state index in [1.807, 2.05) is 12.1 Å². The van der Waals surface area contributed by atoms with Crippen molar-refractivity contribution >= 4 is 0 Å². The molecule has 1 aromatic rings. The number of hydrogen-bond donors (Lipinski definition) is 1. The Labute approximate surface area is 123 Å². The smallest absolute Gasteiger partial charge is 0.122 e. The van der Waals surface area contributed by atoms with E-state index in [1.54, 1.807) is 14.2 Å². The molecule has 1 rings (SSSR count). The van der Waals surface area contributed by atoms with Gasteiger partial charge in [-0.05, 0) is 55.0 Å². The lowest BCUT2D eigenvalue weighted by Crippen LogP contribution is -2.30. The monoisotopic (exact) mass is 279 g/mol. The normalized spacial score (nSPS) is 11.4. The summed E-state index contributed by atoms with van der Waals surface area (Å²) in [5, 5.41) is 3.51. The molecule has 0 radical (unpaired) electrons. The van der Waals surface area contributed by atoms with Crippen LogP contribution in [0, 0.1) is 5.41 Å². The maximum absolute atomic E-state index is 5.44. The second-order valence-corrected chi connectivity index (χ2v) is 6.02. The maximum atomic E-state index is 5.44. The molecule has 0 atom stereocenters. The number of nitrogens with one attached hydrogen (secondary N) is 1. The Hall–Kier alpha value is -1.22. The summed E-state index contributed by atoms with van der Waals surface area (Å²) in [6.07, 6.45) is 3.30. The van der Waals surface area contributed by atoms with Crippen LogP contribution in [0.2, 0.25) is 0 Å². The molecule has 0 aromatic heterocycles. The Bertz CT molecular complexity index is 402. The first-order chi connectivity index (χ1) is 9.52. The first kappa shape index (κ1) is 16.8. The van der Waals surface area contributed by atoms with Crippen molar-refractivity contribution in [1.82, 2.24) is 5.32 Å². The van der Waals surface area contributed by atoms with Gasteiger partial charge < -0.3 is 14.8 Å². The van der Waals surface area contributed by atoms with Crippen molar-refractivity contribution in [2.24, 2.45) is 5.41 Å². The summed E-state index contributed by atoms with van der Waals surface area (Å²) in [4.78, 5) is 0. The first-order valence-corrected chi connectivity index (χ1v) is 7.44. The molecule has 0 saturated heterocycles. The molecule has 20 heavy (non-hydrogen) atoms. The van der Waals surface area contributed by atoms with E-state index in [1.165, 1.54) is 12.0 Å². The fourth-order valence-electron chi connectivity index (χ4n) is 2.24. The SMILES string of the molecule is CCCNCC(C)(C)CCc1cc(OC)ccc1OC. The van der Waals surface area contributed by atoms with E-state index in [2.05, 4.69) is 32.2 Å². The van der Waals surface area contributed by atoms with E-state index in [0.717, 1.165) is 37.4 Å². The number of rotatable bonds is 9. The van der Waals surface area contributed by atoms with E-state index in [-0.39, 0.29) is 5.41 Å². The highest BCUT2D eigenvalue weighted by Crippen LogP contribution is 2.29. The van der Waals surface area contributed by atoms with E-state index >= 15 is 0 Å². The van der Waals surface area contributed by atoms with Gasteiger partial charge in [-0.15, -0.1) is 0 Å². The fraction of sp³-hybridized carbons (Fsp3) is 0.647. The van der Waals surface area contributed by atoms with Crippen LogP contribution in [0.5, 0.6) is 11.5 Å². The van der Waals surface area contributed by atoms with Gasteiger partial charge in [0.15, 0.2) is 0 Å². The third kappa shape index (κ3) is 5.41. The van der Waals surface area contributed by atoms with Crippen LogP contribution in [-0.4, -0.2) is 27.3 Å². The molecule has 114 valence electrons. The van der Waals surface area contributed by atoms with E-state index < -0.39 is 0 Å². The lowest BCUT2D eigenvalue weighted by atomic mass is 9.86. The van der Waals surface area contributed by atoms with Crippen molar-refractivity contribution in [2.75, 3.05) is 27.3 Å². The summed E-state index contributed by atoms with van der Waals surface area (Å²) in [7, 11) is 3.42. The van der Waals surface area contributed by atoms with E-state index in [4.69, 9.17) is 9.47 Å². The first-order valence-electron chi connectivity index (χ1n) is 7.44. The molecule has 0 spiro atoms. The fourth-order valence-corrected chi connectivity index (χ4v) is 2.24. The summed E-state index contributed by atoms with van der Waals surface area (Å²) in [5.41, 5.74) is 1.50. The predicted molar refractivity (Wildman–Crippen MR) is 84.8 cm³/mol. The Kier molecular flexibility index (Phi) is 6.86. The van der Waals surface area contributed by atoms with Gasteiger partial charge in [-0.2, -0.15) is 0 Å². The van der Waals surface area contributed by atoms with Crippen molar-refractivity contribution in [3.8, 4) is 11.5 Å². The number of ether oxygens (including phenoxy) is 2. The van der Waals surface area contributed by atoms with Crippen molar-refractivity contribution in [3.63, 3.8) is 0 Å². The van der Waals surface area contributed by atoms with Gasteiger partial charge in [0.25, 0.3) is 0 Å². The lowest BCUT2D eigenvalue weighted by Gasteiger charge is -2.25. The second kappa shape index (κ2) is 8.15. The Morgan fingerprint density at radius 1 is 1.15 bits per heavy atom. The molecule has 0 aliphatic rings. The molecule has 3 nitrogen and oxygen atoms in total. The quantitative estimate of drug-likeness (QED) is 0.700. The minimum atomic E-state index is 0.281. The number of methoxy groups -OCH3 is 2. The van der Waals surface area contributed by atoms with Gasteiger partial charge in [-0.3, -0.25) is 0 Å². The molecule has 0 unspecified atom stereocenters. The maximum Gasteiger partial charge on any atom is 0.122 e. The number of aryl methyl sites for hydroxylation is 1. The van der Waals surface area contributed by atoms with Crippen molar-refractivity contribution in [3.05, 3.63) is 23.8 Å². The molecule has 1 aromatic carbocycles. The Balaban J connectivity index is 2.63. The van der Waals surface area contributed by atoms with Crippen LogP contribution in [0.4, 0.5) is 0 Å². The number of benzene rings is 1. The molecular weight excluding hydrogens is 250 g/mol. The van der Waals surface area contributed by atoms with Crippen LogP contribution in [0.3, 0.4) is 0 Å². The third-order valence-electron chi connectivity index (χ3n) is 3.59. The van der Waals surface area contributed by atoms with Crippen LogP contribution in [0.25, 0.3) is 0 Å². The zero-order valence-corrected chi connectivity index (χ0v) is 13.6. The molecule has 0 saturated carbocycles. The summed E-state index contributed by atoms with van der Waals surface area (Å²) < 4.78 is 10.7. The van der Waals surface area contributed by atoms with Gasteiger partial charge in [-0.1, -0.05) is 20.8 Å². The Morgan fingerprint density at radius 2 is 1.90 bits per heavy atom. The average Bonchev–Trinajstić information content (AvgIpc) is 2.45. The minimum Gasteiger partial charge on any atom is -0.497 e. The molecule has 1 N–H and O–H groups in total. The van der Waals surface area contributed by atoms with Crippen LogP contribution >= 0.6 is 0 Å². The highest BCUT2D eigenvalue weighted by atomic mass is 16.5. The van der Waals surface area contributed by atoms with Crippen LogP contribution in [0.1, 0.15) is 39.2 Å².